The fourth-order valence-corrected chi connectivity index (χ4v) is 8.48. The Hall–Kier alpha value is -2.67. The standard InChI is InChI=1S/C29H37N3O4/c1-20-5-6-25(30-17-20)32(26(33)24-4-3-11-36-24)23-7-9-31(10-8-23)19-28-13-21-12-22(14-28)16-29(15-21,18-28)27(34)35-2/h3-6,11,17,21-23H,7-10,12-16,18-19H2,1-2H3. The van der Waals surface area contributed by atoms with Crippen molar-refractivity contribution in [3.8, 4) is 0 Å². The molecule has 2 atom stereocenters. The number of methoxy groups -OCH3 is 1. The number of ether oxygens (including phenoxy) is 1. The van der Waals surface area contributed by atoms with Crippen molar-refractivity contribution < 1.29 is 18.7 Å². The van der Waals surface area contributed by atoms with E-state index in [1.807, 2.05) is 30.2 Å². The molecule has 192 valence electrons. The molecule has 2 aromatic rings. The number of anilines is 1. The molecular formula is C29H37N3O4. The lowest BCUT2D eigenvalue weighted by Crippen LogP contribution is -2.59. The molecule has 7 nitrogen and oxygen atoms in total. The lowest BCUT2D eigenvalue weighted by Gasteiger charge is -2.62. The summed E-state index contributed by atoms with van der Waals surface area (Å²) in [5, 5.41) is 0. The topological polar surface area (TPSA) is 75.9 Å². The van der Waals surface area contributed by atoms with Gasteiger partial charge in [-0.3, -0.25) is 14.5 Å². The number of carbonyl (C=O) groups is 2. The molecule has 36 heavy (non-hydrogen) atoms. The molecule has 1 amide bonds. The monoisotopic (exact) mass is 491 g/mol. The van der Waals surface area contributed by atoms with Crippen LogP contribution in [0.2, 0.25) is 0 Å². The molecule has 4 saturated carbocycles. The van der Waals surface area contributed by atoms with Crippen molar-refractivity contribution in [1.29, 1.82) is 0 Å². The molecule has 2 aromatic heterocycles. The summed E-state index contributed by atoms with van der Waals surface area (Å²) >= 11 is 0. The number of hydrogen-bond acceptors (Lipinski definition) is 6. The van der Waals surface area contributed by atoms with Crippen LogP contribution in [0, 0.1) is 29.6 Å². The van der Waals surface area contributed by atoms with Crippen LogP contribution in [0.1, 0.15) is 67.5 Å². The Morgan fingerprint density at radius 2 is 1.89 bits per heavy atom. The second-order valence-electron chi connectivity index (χ2n) is 12.1. The van der Waals surface area contributed by atoms with Crippen molar-refractivity contribution in [1.82, 2.24) is 9.88 Å². The Morgan fingerprint density at radius 3 is 2.50 bits per heavy atom. The molecule has 1 saturated heterocycles. The second-order valence-corrected chi connectivity index (χ2v) is 12.1. The first-order chi connectivity index (χ1) is 17.4. The number of esters is 1. The van der Waals surface area contributed by atoms with Gasteiger partial charge in [-0.1, -0.05) is 6.07 Å². The van der Waals surface area contributed by atoms with Crippen molar-refractivity contribution >= 4 is 17.7 Å². The number of aryl methyl sites for hydroxylation is 1. The number of carbonyl (C=O) groups excluding carboxylic acids is 2. The third-order valence-electron chi connectivity index (χ3n) is 9.38. The van der Waals surface area contributed by atoms with Gasteiger partial charge in [0.1, 0.15) is 5.82 Å². The zero-order valence-electron chi connectivity index (χ0n) is 21.4. The molecule has 1 aliphatic heterocycles. The first-order valence-corrected chi connectivity index (χ1v) is 13.5. The fourth-order valence-electron chi connectivity index (χ4n) is 8.48. The van der Waals surface area contributed by atoms with Gasteiger partial charge in [0, 0.05) is 31.9 Å². The quantitative estimate of drug-likeness (QED) is 0.538. The highest BCUT2D eigenvalue weighted by Gasteiger charge is 2.61. The average Bonchev–Trinajstić information content (AvgIpc) is 3.40. The van der Waals surface area contributed by atoms with E-state index in [-0.39, 0.29) is 28.7 Å². The predicted octanol–water partition coefficient (Wildman–Crippen LogP) is 4.85. The number of aromatic nitrogens is 1. The van der Waals surface area contributed by atoms with E-state index in [1.54, 1.807) is 25.5 Å². The summed E-state index contributed by atoms with van der Waals surface area (Å²) in [5.74, 6) is 2.25. The van der Waals surface area contributed by atoms with Gasteiger partial charge in [0.15, 0.2) is 5.76 Å². The van der Waals surface area contributed by atoms with Crippen molar-refractivity contribution in [3.05, 3.63) is 48.0 Å². The molecule has 3 heterocycles. The number of pyridine rings is 1. The van der Waals surface area contributed by atoms with Crippen LogP contribution in [0.4, 0.5) is 5.82 Å². The molecule has 5 fully saturated rings. The van der Waals surface area contributed by atoms with E-state index in [9.17, 15) is 9.59 Å². The Kier molecular flexibility index (Phi) is 5.94. The summed E-state index contributed by atoms with van der Waals surface area (Å²) in [6.45, 7) is 4.95. The van der Waals surface area contributed by atoms with E-state index >= 15 is 0 Å². The zero-order valence-corrected chi connectivity index (χ0v) is 21.4. The number of piperidine rings is 1. The third-order valence-corrected chi connectivity index (χ3v) is 9.38. The van der Waals surface area contributed by atoms with E-state index in [2.05, 4.69) is 9.88 Å². The first kappa shape index (κ1) is 23.7. The summed E-state index contributed by atoms with van der Waals surface area (Å²) in [7, 11) is 1.55. The van der Waals surface area contributed by atoms with E-state index in [0.717, 1.165) is 57.3 Å². The Balaban J connectivity index is 1.16. The molecule has 7 heteroatoms. The molecule has 0 spiro atoms. The van der Waals surface area contributed by atoms with E-state index in [1.165, 1.54) is 19.3 Å². The van der Waals surface area contributed by atoms with Gasteiger partial charge in [0.25, 0.3) is 5.91 Å². The van der Waals surface area contributed by atoms with E-state index in [4.69, 9.17) is 9.15 Å². The van der Waals surface area contributed by atoms with Crippen molar-refractivity contribution in [2.24, 2.45) is 22.7 Å². The molecule has 0 radical (unpaired) electrons. The van der Waals surface area contributed by atoms with Crippen LogP contribution in [0.25, 0.3) is 0 Å². The molecular weight excluding hydrogens is 454 g/mol. The summed E-state index contributed by atoms with van der Waals surface area (Å²) in [5.41, 5.74) is 1.05. The minimum atomic E-state index is -0.249. The number of likely N-dealkylation sites (tertiary alicyclic amines) is 1. The van der Waals surface area contributed by atoms with Gasteiger partial charge < -0.3 is 14.1 Å². The normalized spacial score (nSPS) is 31.9. The van der Waals surface area contributed by atoms with Crippen LogP contribution >= 0.6 is 0 Å². The molecule has 7 rings (SSSR count). The fraction of sp³-hybridized carbons (Fsp3) is 0.621. The van der Waals surface area contributed by atoms with E-state index < -0.39 is 0 Å². The van der Waals surface area contributed by atoms with Gasteiger partial charge in [-0.05, 0) is 99.3 Å². The molecule has 0 N–H and O–H groups in total. The Morgan fingerprint density at radius 1 is 1.14 bits per heavy atom. The number of hydrogen-bond donors (Lipinski definition) is 0. The predicted molar refractivity (Wildman–Crippen MR) is 136 cm³/mol. The molecule has 0 aromatic carbocycles. The van der Waals surface area contributed by atoms with Crippen LogP contribution in [0.3, 0.4) is 0 Å². The minimum absolute atomic E-state index is 0.0253. The van der Waals surface area contributed by atoms with Gasteiger partial charge in [-0.25, -0.2) is 4.98 Å². The van der Waals surface area contributed by atoms with Gasteiger partial charge in [0.2, 0.25) is 0 Å². The Bertz CT molecular complexity index is 1090. The number of furan rings is 1. The number of rotatable bonds is 6. The van der Waals surface area contributed by atoms with Gasteiger partial charge in [-0.15, -0.1) is 0 Å². The number of nitrogens with zero attached hydrogens (tertiary/aromatic N) is 3. The van der Waals surface area contributed by atoms with Gasteiger partial charge in [-0.2, -0.15) is 0 Å². The third kappa shape index (κ3) is 4.15. The molecule has 2 unspecified atom stereocenters. The number of amides is 1. The van der Waals surface area contributed by atoms with Crippen molar-refractivity contribution in [3.63, 3.8) is 0 Å². The molecule has 4 aliphatic carbocycles. The van der Waals surface area contributed by atoms with Crippen LogP contribution in [-0.2, 0) is 9.53 Å². The van der Waals surface area contributed by atoms with Gasteiger partial charge in [0.05, 0.1) is 18.8 Å². The van der Waals surface area contributed by atoms with E-state index in [0.29, 0.717) is 23.4 Å². The van der Waals surface area contributed by atoms with Crippen LogP contribution in [0.5, 0.6) is 0 Å². The van der Waals surface area contributed by atoms with Crippen LogP contribution < -0.4 is 4.90 Å². The van der Waals surface area contributed by atoms with Crippen molar-refractivity contribution in [2.75, 3.05) is 31.6 Å². The lowest BCUT2D eigenvalue weighted by molar-refractivity contribution is -0.180. The SMILES string of the molecule is COC(=O)C12CC3CC(CC(CN4CCC(N(C(=O)c5ccco5)c5ccc(C)cn5)CC4)(C3)C1)C2. The summed E-state index contributed by atoms with van der Waals surface area (Å²) < 4.78 is 10.8. The van der Waals surface area contributed by atoms with Crippen LogP contribution in [-0.4, -0.2) is 54.5 Å². The summed E-state index contributed by atoms with van der Waals surface area (Å²) in [6, 6.07) is 7.49. The highest BCUT2D eigenvalue weighted by atomic mass is 16.5. The molecule has 4 bridgehead atoms. The van der Waals surface area contributed by atoms with Crippen LogP contribution in [0.15, 0.2) is 41.1 Å². The summed E-state index contributed by atoms with van der Waals surface area (Å²) in [4.78, 5) is 35.3. The highest BCUT2D eigenvalue weighted by molar-refractivity contribution is 6.04. The largest absolute Gasteiger partial charge is 0.469 e. The molecule has 5 aliphatic rings. The minimum Gasteiger partial charge on any atom is -0.469 e. The maximum atomic E-state index is 13.4. The summed E-state index contributed by atoms with van der Waals surface area (Å²) in [6.07, 6.45) is 12.0. The smallest absolute Gasteiger partial charge is 0.311 e. The first-order valence-electron chi connectivity index (χ1n) is 13.5. The maximum Gasteiger partial charge on any atom is 0.311 e. The highest BCUT2D eigenvalue weighted by Crippen LogP contribution is 2.65. The van der Waals surface area contributed by atoms with Gasteiger partial charge >= 0.3 is 5.97 Å². The lowest BCUT2D eigenvalue weighted by atomic mass is 9.44. The average molecular weight is 492 g/mol. The maximum absolute atomic E-state index is 13.4. The Labute approximate surface area is 213 Å². The zero-order chi connectivity index (χ0) is 24.9. The second kappa shape index (κ2) is 9.02. The van der Waals surface area contributed by atoms with Crippen molar-refractivity contribution in [2.45, 2.75) is 64.3 Å².